The molecule has 0 spiro atoms. The molecule has 0 aliphatic rings. The lowest BCUT2D eigenvalue weighted by atomic mass is 10.5. The van der Waals surface area contributed by atoms with Gasteiger partial charge in [0.2, 0.25) is 0 Å². The topological polar surface area (TPSA) is 0 Å². The van der Waals surface area contributed by atoms with Crippen LogP contribution in [0.3, 0.4) is 0 Å². The van der Waals surface area contributed by atoms with E-state index >= 15 is 0 Å². The Kier molecular flexibility index (Phi) is 3.54. The summed E-state index contributed by atoms with van der Waals surface area (Å²) in [5.74, 6) is 0. The second-order valence-corrected chi connectivity index (χ2v) is 6.44. The summed E-state index contributed by atoms with van der Waals surface area (Å²) in [6.45, 7) is 3.50. The zero-order valence-electron chi connectivity index (χ0n) is 3.63. The van der Waals surface area contributed by atoms with Crippen LogP contribution in [0, 0.1) is 0 Å². The Morgan fingerprint density at radius 3 is 2.14 bits per heavy atom. The van der Waals surface area contributed by atoms with Crippen LogP contribution < -0.4 is 0 Å². The molecule has 0 saturated heterocycles. The highest BCUT2D eigenvalue weighted by atomic mass is 79.9. The number of allylic oxidation sites excluding steroid dienone is 1. The third kappa shape index (κ3) is 6.99. The van der Waals surface area contributed by atoms with E-state index in [0.29, 0.717) is 6.42 Å². The average molecular weight is 248 g/mol. The van der Waals surface area contributed by atoms with E-state index in [0.717, 1.165) is 0 Å². The van der Waals surface area contributed by atoms with Crippen LogP contribution in [0.4, 0.5) is 0 Å². The van der Waals surface area contributed by atoms with Crippen LogP contribution in [0.25, 0.3) is 0 Å². The lowest BCUT2D eigenvalue weighted by Gasteiger charge is -2.04. The quantitative estimate of drug-likeness (QED) is 0.520. The summed E-state index contributed by atoms with van der Waals surface area (Å²) in [6, 6.07) is 0. The molecule has 7 heavy (non-hydrogen) atoms. The summed E-state index contributed by atoms with van der Waals surface area (Å²) in [5.41, 5.74) is 0. The Hall–Kier alpha value is 0.990. The van der Waals surface area contributed by atoms with E-state index < -0.39 is 2.69 Å². The summed E-state index contributed by atoms with van der Waals surface area (Å²) in [4.78, 5) is 0. The van der Waals surface area contributed by atoms with Crippen molar-refractivity contribution < 1.29 is 0 Å². The van der Waals surface area contributed by atoms with Gasteiger partial charge in [-0.15, -0.1) is 6.58 Å². The van der Waals surface area contributed by atoms with Crippen molar-refractivity contribution in [2.75, 3.05) is 0 Å². The van der Waals surface area contributed by atoms with E-state index in [4.69, 9.17) is 11.6 Å². The highest BCUT2D eigenvalue weighted by Crippen LogP contribution is 2.34. The van der Waals surface area contributed by atoms with Gasteiger partial charge in [-0.1, -0.05) is 49.5 Å². The Labute approximate surface area is 65.2 Å². The SMILES string of the molecule is C=CCC(Cl)(Br)Br. The molecule has 0 aliphatic heterocycles. The van der Waals surface area contributed by atoms with Crippen molar-refractivity contribution >= 4 is 43.5 Å². The molecule has 0 rings (SSSR count). The molecule has 0 aromatic carbocycles. The first-order valence-electron chi connectivity index (χ1n) is 1.74. The first-order chi connectivity index (χ1) is 3.06. The lowest BCUT2D eigenvalue weighted by molar-refractivity contribution is 1.15. The smallest absolute Gasteiger partial charge is 0.103 e. The Bertz CT molecular complexity index is 64.6. The van der Waals surface area contributed by atoms with Crippen molar-refractivity contribution in [2.24, 2.45) is 0 Å². The first-order valence-corrected chi connectivity index (χ1v) is 3.70. The summed E-state index contributed by atoms with van der Waals surface area (Å²) >= 11 is 11.9. The molecule has 0 atom stereocenters. The molecule has 0 N–H and O–H groups in total. The van der Waals surface area contributed by atoms with Gasteiger partial charge in [-0.2, -0.15) is 0 Å². The van der Waals surface area contributed by atoms with E-state index in [-0.39, 0.29) is 0 Å². The van der Waals surface area contributed by atoms with Crippen LogP contribution in [0.2, 0.25) is 0 Å². The van der Waals surface area contributed by atoms with Gasteiger partial charge in [0, 0.05) is 6.42 Å². The number of hydrogen-bond acceptors (Lipinski definition) is 0. The summed E-state index contributed by atoms with van der Waals surface area (Å²) < 4.78 is -0.470. The Balaban J connectivity index is 3.34. The predicted molar refractivity (Wildman–Crippen MR) is 41.3 cm³/mol. The third-order valence-corrected chi connectivity index (χ3v) is 1.18. The highest BCUT2D eigenvalue weighted by Gasteiger charge is 2.14. The number of hydrogen-bond donors (Lipinski definition) is 0. The summed E-state index contributed by atoms with van der Waals surface area (Å²) in [5, 5.41) is 0. The minimum absolute atomic E-state index is 0.470. The van der Waals surface area contributed by atoms with Crippen molar-refractivity contribution in [3.05, 3.63) is 12.7 Å². The largest absolute Gasteiger partial charge is 0.157 e. The van der Waals surface area contributed by atoms with Crippen LogP contribution in [0.15, 0.2) is 12.7 Å². The van der Waals surface area contributed by atoms with Gasteiger partial charge < -0.3 is 0 Å². The summed E-state index contributed by atoms with van der Waals surface area (Å²) in [7, 11) is 0. The van der Waals surface area contributed by atoms with E-state index in [2.05, 4.69) is 38.4 Å². The van der Waals surface area contributed by atoms with Crippen LogP contribution in [0.1, 0.15) is 6.42 Å². The molecule has 0 nitrogen and oxygen atoms in total. The molecule has 0 aromatic heterocycles. The zero-order valence-corrected chi connectivity index (χ0v) is 7.55. The molecule has 42 valence electrons. The Morgan fingerprint density at radius 1 is 1.71 bits per heavy atom. The molecule has 0 aromatic rings. The number of alkyl halides is 3. The first kappa shape index (κ1) is 7.99. The van der Waals surface area contributed by atoms with E-state index in [1.165, 1.54) is 0 Å². The predicted octanol–water partition coefficient (Wildman–Crippen LogP) is 3.24. The van der Waals surface area contributed by atoms with E-state index in [1.54, 1.807) is 6.08 Å². The number of rotatable bonds is 2. The van der Waals surface area contributed by atoms with Crippen LogP contribution >= 0.6 is 43.5 Å². The van der Waals surface area contributed by atoms with Crippen molar-refractivity contribution in [3.8, 4) is 0 Å². The van der Waals surface area contributed by atoms with Gasteiger partial charge in [0.05, 0.1) is 0 Å². The van der Waals surface area contributed by atoms with Gasteiger partial charge in [0.25, 0.3) is 0 Å². The maximum Gasteiger partial charge on any atom is 0.157 e. The molecule has 3 heteroatoms. The van der Waals surface area contributed by atoms with Gasteiger partial charge in [0.1, 0.15) is 0 Å². The molecular formula is C4H5Br2Cl. The minimum Gasteiger partial charge on any atom is -0.103 e. The van der Waals surface area contributed by atoms with Crippen LogP contribution in [0.5, 0.6) is 0 Å². The fourth-order valence-electron chi connectivity index (χ4n) is 0.164. The fraction of sp³-hybridized carbons (Fsp3) is 0.500. The summed E-state index contributed by atoms with van der Waals surface area (Å²) in [6.07, 6.45) is 2.44. The lowest BCUT2D eigenvalue weighted by Crippen LogP contribution is -1.94. The maximum absolute atomic E-state index is 5.60. The van der Waals surface area contributed by atoms with Gasteiger partial charge in [-0.25, -0.2) is 0 Å². The normalized spacial score (nSPS) is 11.3. The average Bonchev–Trinajstić information content (AvgIpc) is 1.30. The second kappa shape index (κ2) is 3.10. The van der Waals surface area contributed by atoms with Gasteiger partial charge in [-0.05, 0) is 0 Å². The molecule has 0 aliphatic carbocycles. The molecule has 0 unspecified atom stereocenters. The maximum atomic E-state index is 5.60. The van der Waals surface area contributed by atoms with E-state index in [9.17, 15) is 0 Å². The molecular weight excluding hydrogens is 243 g/mol. The minimum atomic E-state index is -0.470. The molecule has 0 fully saturated rings. The van der Waals surface area contributed by atoms with Gasteiger partial charge in [-0.3, -0.25) is 0 Å². The standard InChI is InChI=1S/C4H5Br2Cl/c1-2-3-4(5,6)7/h2H,1,3H2. The highest BCUT2D eigenvalue weighted by molar-refractivity contribution is 9.26. The van der Waals surface area contributed by atoms with Crippen molar-refractivity contribution in [2.45, 2.75) is 9.11 Å². The van der Waals surface area contributed by atoms with Gasteiger partial charge in [0.15, 0.2) is 2.69 Å². The van der Waals surface area contributed by atoms with E-state index in [1.807, 2.05) is 0 Å². The third-order valence-electron chi connectivity index (χ3n) is 0.376. The Morgan fingerprint density at radius 2 is 2.14 bits per heavy atom. The zero-order chi connectivity index (χ0) is 5.91. The number of halogens is 3. The fourth-order valence-corrected chi connectivity index (χ4v) is 0.731. The molecule has 0 saturated carbocycles. The van der Waals surface area contributed by atoms with Crippen LogP contribution in [-0.4, -0.2) is 2.69 Å². The van der Waals surface area contributed by atoms with Crippen LogP contribution in [-0.2, 0) is 0 Å². The van der Waals surface area contributed by atoms with Crippen molar-refractivity contribution in [1.29, 1.82) is 0 Å². The van der Waals surface area contributed by atoms with Crippen molar-refractivity contribution in [1.82, 2.24) is 0 Å². The van der Waals surface area contributed by atoms with Gasteiger partial charge >= 0.3 is 0 Å². The molecule has 0 bridgehead atoms. The molecule has 0 amide bonds. The molecule has 0 radical (unpaired) electrons. The second-order valence-electron chi connectivity index (χ2n) is 1.11. The van der Waals surface area contributed by atoms with Crippen molar-refractivity contribution in [3.63, 3.8) is 0 Å². The molecule has 0 heterocycles. The monoisotopic (exact) mass is 246 g/mol.